The summed E-state index contributed by atoms with van der Waals surface area (Å²) in [7, 11) is 0. The Bertz CT molecular complexity index is 973. The molecule has 4 heteroatoms. The van der Waals surface area contributed by atoms with E-state index in [1.54, 1.807) is 0 Å². The lowest BCUT2D eigenvalue weighted by Crippen LogP contribution is -1.95. The first kappa shape index (κ1) is 14.2. The van der Waals surface area contributed by atoms with E-state index < -0.39 is 0 Å². The van der Waals surface area contributed by atoms with Crippen LogP contribution in [0.25, 0.3) is 28.0 Å². The molecule has 2 aromatic carbocycles. The van der Waals surface area contributed by atoms with Gasteiger partial charge < -0.3 is 0 Å². The van der Waals surface area contributed by atoms with Crippen LogP contribution in [0.1, 0.15) is 5.69 Å². The van der Waals surface area contributed by atoms with E-state index in [2.05, 4.69) is 45.2 Å². The molecular formula is C19H14BrN3. The SMILES string of the molecule is Cc1nn2c(-c3ccccc3)ccnc2c1-c1ccc(Br)cc1. The Balaban J connectivity index is 1.98. The highest BCUT2D eigenvalue weighted by molar-refractivity contribution is 9.10. The maximum Gasteiger partial charge on any atom is 0.163 e. The van der Waals surface area contributed by atoms with Gasteiger partial charge in [0.05, 0.1) is 11.4 Å². The summed E-state index contributed by atoms with van der Waals surface area (Å²) in [6.45, 7) is 2.03. The van der Waals surface area contributed by atoms with E-state index in [4.69, 9.17) is 5.10 Å². The predicted octanol–water partition coefficient (Wildman–Crippen LogP) is 5.13. The van der Waals surface area contributed by atoms with Gasteiger partial charge in [-0.15, -0.1) is 0 Å². The summed E-state index contributed by atoms with van der Waals surface area (Å²) < 4.78 is 3.00. The van der Waals surface area contributed by atoms with Crippen molar-refractivity contribution < 1.29 is 0 Å². The number of hydrogen-bond acceptors (Lipinski definition) is 2. The minimum atomic E-state index is 0.881. The standard InChI is InChI=1S/C19H14BrN3/c1-13-18(15-7-9-16(20)10-8-15)19-21-12-11-17(23(19)22-13)14-5-3-2-4-6-14/h2-12H,1H3. The highest BCUT2D eigenvalue weighted by Crippen LogP contribution is 2.30. The number of benzene rings is 2. The van der Waals surface area contributed by atoms with Crippen molar-refractivity contribution in [1.82, 2.24) is 14.6 Å². The second-order valence-electron chi connectivity index (χ2n) is 5.40. The van der Waals surface area contributed by atoms with Gasteiger partial charge >= 0.3 is 0 Å². The van der Waals surface area contributed by atoms with Crippen LogP contribution in [0.15, 0.2) is 71.3 Å². The zero-order chi connectivity index (χ0) is 15.8. The molecule has 0 N–H and O–H groups in total. The molecule has 0 aliphatic rings. The van der Waals surface area contributed by atoms with Gasteiger partial charge in [0.1, 0.15) is 0 Å². The van der Waals surface area contributed by atoms with Crippen LogP contribution in [-0.4, -0.2) is 14.6 Å². The van der Waals surface area contributed by atoms with Crippen LogP contribution in [0.3, 0.4) is 0 Å². The molecule has 4 aromatic rings. The summed E-state index contributed by atoms with van der Waals surface area (Å²) in [5.74, 6) is 0. The van der Waals surface area contributed by atoms with Crippen molar-refractivity contribution >= 4 is 21.6 Å². The minimum absolute atomic E-state index is 0.881. The first-order chi connectivity index (χ1) is 11.2. The van der Waals surface area contributed by atoms with Gasteiger partial charge in [0.15, 0.2) is 5.65 Å². The van der Waals surface area contributed by atoms with Crippen molar-refractivity contribution in [2.45, 2.75) is 6.92 Å². The average molecular weight is 364 g/mol. The fraction of sp³-hybridized carbons (Fsp3) is 0.0526. The molecule has 23 heavy (non-hydrogen) atoms. The molecular weight excluding hydrogens is 350 g/mol. The molecule has 0 saturated carbocycles. The normalized spacial score (nSPS) is 11.0. The van der Waals surface area contributed by atoms with E-state index in [-0.39, 0.29) is 0 Å². The molecule has 0 atom stereocenters. The third-order valence-electron chi connectivity index (χ3n) is 3.90. The number of nitrogens with zero attached hydrogens (tertiary/aromatic N) is 3. The van der Waals surface area contributed by atoms with Crippen LogP contribution < -0.4 is 0 Å². The third-order valence-corrected chi connectivity index (χ3v) is 4.42. The Hall–Kier alpha value is -2.46. The topological polar surface area (TPSA) is 30.2 Å². The Kier molecular flexibility index (Phi) is 3.46. The zero-order valence-electron chi connectivity index (χ0n) is 12.6. The largest absolute Gasteiger partial charge is 0.236 e. The Morgan fingerprint density at radius 3 is 2.35 bits per heavy atom. The number of fused-ring (bicyclic) bond motifs is 1. The van der Waals surface area contributed by atoms with Crippen molar-refractivity contribution in [3.63, 3.8) is 0 Å². The van der Waals surface area contributed by atoms with Crippen molar-refractivity contribution in [1.29, 1.82) is 0 Å². The lowest BCUT2D eigenvalue weighted by molar-refractivity contribution is 0.925. The molecule has 0 spiro atoms. The fourth-order valence-corrected chi connectivity index (χ4v) is 3.10. The molecule has 0 amide bonds. The molecule has 112 valence electrons. The number of aromatic nitrogens is 3. The van der Waals surface area contributed by atoms with Crippen molar-refractivity contribution in [2.24, 2.45) is 0 Å². The van der Waals surface area contributed by atoms with E-state index in [1.807, 2.05) is 54.0 Å². The van der Waals surface area contributed by atoms with Gasteiger partial charge in [-0.1, -0.05) is 58.4 Å². The molecule has 4 rings (SSSR count). The molecule has 2 aromatic heterocycles. The predicted molar refractivity (Wildman–Crippen MR) is 96.3 cm³/mol. The second-order valence-corrected chi connectivity index (χ2v) is 6.31. The summed E-state index contributed by atoms with van der Waals surface area (Å²) >= 11 is 3.48. The van der Waals surface area contributed by atoms with Crippen LogP contribution >= 0.6 is 15.9 Å². The van der Waals surface area contributed by atoms with Crippen molar-refractivity contribution in [2.75, 3.05) is 0 Å². The quantitative estimate of drug-likeness (QED) is 0.493. The first-order valence-corrected chi connectivity index (χ1v) is 8.19. The molecule has 0 bridgehead atoms. The lowest BCUT2D eigenvalue weighted by atomic mass is 10.1. The van der Waals surface area contributed by atoms with Crippen LogP contribution in [0.4, 0.5) is 0 Å². The Labute approximate surface area is 142 Å². The summed E-state index contributed by atoms with van der Waals surface area (Å²) in [6.07, 6.45) is 1.85. The van der Waals surface area contributed by atoms with Crippen LogP contribution in [0.2, 0.25) is 0 Å². The van der Waals surface area contributed by atoms with Gasteiger partial charge in [0, 0.05) is 21.8 Å². The maximum atomic E-state index is 4.73. The van der Waals surface area contributed by atoms with Gasteiger partial charge in [0.25, 0.3) is 0 Å². The molecule has 0 aliphatic carbocycles. The number of hydrogen-bond donors (Lipinski definition) is 0. The molecule has 2 heterocycles. The number of aryl methyl sites for hydroxylation is 1. The highest BCUT2D eigenvalue weighted by Gasteiger charge is 2.15. The number of rotatable bonds is 2. The zero-order valence-corrected chi connectivity index (χ0v) is 14.2. The molecule has 0 radical (unpaired) electrons. The van der Waals surface area contributed by atoms with E-state index in [0.717, 1.165) is 38.2 Å². The summed E-state index contributed by atoms with van der Waals surface area (Å²) in [5, 5.41) is 4.73. The average Bonchev–Trinajstić information content (AvgIpc) is 2.92. The fourth-order valence-electron chi connectivity index (χ4n) is 2.83. The van der Waals surface area contributed by atoms with E-state index in [1.165, 1.54) is 0 Å². The van der Waals surface area contributed by atoms with Gasteiger partial charge in [-0.3, -0.25) is 0 Å². The van der Waals surface area contributed by atoms with Gasteiger partial charge in [-0.2, -0.15) is 5.10 Å². The molecule has 0 aliphatic heterocycles. The van der Waals surface area contributed by atoms with Crippen LogP contribution in [0.5, 0.6) is 0 Å². The second kappa shape index (κ2) is 5.63. The Morgan fingerprint density at radius 2 is 1.61 bits per heavy atom. The highest BCUT2D eigenvalue weighted by atomic mass is 79.9. The molecule has 0 fully saturated rings. The summed E-state index contributed by atoms with van der Waals surface area (Å²) in [4.78, 5) is 4.58. The Morgan fingerprint density at radius 1 is 0.870 bits per heavy atom. The summed E-state index contributed by atoms with van der Waals surface area (Å²) in [5.41, 5.74) is 6.23. The maximum absolute atomic E-state index is 4.73. The number of halogens is 1. The minimum Gasteiger partial charge on any atom is -0.236 e. The van der Waals surface area contributed by atoms with E-state index in [9.17, 15) is 0 Å². The van der Waals surface area contributed by atoms with E-state index >= 15 is 0 Å². The smallest absolute Gasteiger partial charge is 0.163 e. The van der Waals surface area contributed by atoms with E-state index in [0.29, 0.717) is 0 Å². The molecule has 3 nitrogen and oxygen atoms in total. The third kappa shape index (κ3) is 2.45. The summed E-state index contributed by atoms with van der Waals surface area (Å²) in [6, 6.07) is 20.5. The van der Waals surface area contributed by atoms with Crippen LogP contribution in [-0.2, 0) is 0 Å². The van der Waals surface area contributed by atoms with Gasteiger partial charge in [0.2, 0.25) is 0 Å². The molecule has 0 saturated heterocycles. The monoisotopic (exact) mass is 363 g/mol. The van der Waals surface area contributed by atoms with Gasteiger partial charge in [-0.25, -0.2) is 9.50 Å². The van der Waals surface area contributed by atoms with Crippen LogP contribution in [0, 0.1) is 6.92 Å². The van der Waals surface area contributed by atoms with Gasteiger partial charge in [-0.05, 0) is 30.7 Å². The first-order valence-electron chi connectivity index (χ1n) is 7.40. The van der Waals surface area contributed by atoms with Crippen molar-refractivity contribution in [3.05, 3.63) is 77.0 Å². The lowest BCUT2D eigenvalue weighted by Gasteiger charge is -2.05. The van der Waals surface area contributed by atoms with Crippen molar-refractivity contribution in [3.8, 4) is 22.4 Å². The molecule has 0 unspecified atom stereocenters.